The van der Waals surface area contributed by atoms with Gasteiger partial charge in [0.2, 0.25) is 0 Å². The maximum atomic E-state index is 13.4. The van der Waals surface area contributed by atoms with Crippen LogP contribution in [0.4, 0.5) is 13.2 Å². The molecule has 4 saturated carbocycles. The predicted octanol–water partition coefficient (Wildman–Crippen LogP) is 4.14. The topological polar surface area (TPSA) is 20.2 Å². The van der Waals surface area contributed by atoms with E-state index in [2.05, 4.69) is 0 Å². The molecule has 3 atom stereocenters. The summed E-state index contributed by atoms with van der Waals surface area (Å²) in [6.07, 6.45) is -0.406. The zero-order valence-electron chi connectivity index (χ0n) is 11.7. The first-order valence-electron chi connectivity index (χ1n) is 7.75. The van der Waals surface area contributed by atoms with Crippen LogP contribution in [0, 0.1) is 17.8 Å². The van der Waals surface area contributed by atoms with Gasteiger partial charge in [0.05, 0.1) is 11.7 Å². The normalized spacial score (nSPS) is 41.5. The largest absolute Gasteiger partial charge is 0.416 e. The highest BCUT2D eigenvalue weighted by molar-refractivity contribution is 5.40. The van der Waals surface area contributed by atoms with Gasteiger partial charge >= 0.3 is 6.18 Å². The van der Waals surface area contributed by atoms with E-state index in [0.29, 0.717) is 30.2 Å². The highest BCUT2D eigenvalue weighted by Gasteiger charge is 2.58. The van der Waals surface area contributed by atoms with Gasteiger partial charge in [0, 0.05) is 5.41 Å². The lowest BCUT2D eigenvalue weighted by atomic mass is 9.46. The van der Waals surface area contributed by atoms with Crippen LogP contribution in [0.15, 0.2) is 24.3 Å². The number of hydrogen-bond acceptors (Lipinski definition) is 1. The predicted molar refractivity (Wildman–Crippen MR) is 72.7 cm³/mol. The first kappa shape index (κ1) is 13.6. The molecule has 1 N–H and O–H groups in total. The van der Waals surface area contributed by atoms with Gasteiger partial charge in [0.15, 0.2) is 0 Å². The van der Waals surface area contributed by atoms with E-state index < -0.39 is 23.3 Å². The SMILES string of the molecule is OC1C2CC3CC(C2)CC1(c1ccccc1C(F)(F)F)C3. The van der Waals surface area contributed by atoms with Crippen LogP contribution in [-0.4, -0.2) is 11.2 Å². The average molecular weight is 296 g/mol. The van der Waals surface area contributed by atoms with Gasteiger partial charge < -0.3 is 5.11 Å². The Balaban J connectivity index is 1.86. The molecule has 4 bridgehead atoms. The Kier molecular flexibility index (Phi) is 2.76. The van der Waals surface area contributed by atoms with Crippen LogP contribution < -0.4 is 0 Å². The van der Waals surface area contributed by atoms with Crippen molar-refractivity contribution >= 4 is 0 Å². The van der Waals surface area contributed by atoms with E-state index >= 15 is 0 Å². The van der Waals surface area contributed by atoms with Crippen molar-refractivity contribution in [1.29, 1.82) is 0 Å². The van der Waals surface area contributed by atoms with Gasteiger partial charge in [-0.1, -0.05) is 18.2 Å². The summed E-state index contributed by atoms with van der Waals surface area (Å²) < 4.78 is 40.1. The lowest BCUT2D eigenvalue weighted by molar-refractivity contribution is -0.145. The first-order chi connectivity index (χ1) is 9.90. The van der Waals surface area contributed by atoms with Crippen molar-refractivity contribution in [3.05, 3.63) is 35.4 Å². The summed E-state index contributed by atoms with van der Waals surface area (Å²) in [5.41, 5.74) is -0.879. The zero-order chi connectivity index (χ0) is 14.8. The Bertz CT molecular complexity index is 551. The van der Waals surface area contributed by atoms with Crippen molar-refractivity contribution in [3.8, 4) is 0 Å². The van der Waals surface area contributed by atoms with E-state index in [-0.39, 0.29) is 5.92 Å². The van der Waals surface area contributed by atoms with Crippen LogP contribution in [0.2, 0.25) is 0 Å². The molecule has 0 heterocycles. The molecule has 0 aromatic heterocycles. The Hall–Kier alpha value is -1.03. The van der Waals surface area contributed by atoms with Crippen molar-refractivity contribution in [2.45, 2.75) is 49.8 Å². The maximum absolute atomic E-state index is 13.4. The number of halogens is 3. The van der Waals surface area contributed by atoms with E-state index in [9.17, 15) is 18.3 Å². The van der Waals surface area contributed by atoms with Crippen molar-refractivity contribution in [1.82, 2.24) is 0 Å². The van der Waals surface area contributed by atoms with Crippen molar-refractivity contribution in [3.63, 3.8) is 0 Å². The molecule has 1 aromatic rings. The van der Waals surface area contributed by atoms with Gasteiger partial charge in [-0.05, 0) is 61.5 Å². The Labute approximate surface area is 122 Å². The molecule has 5 rings (SSSR count). The van der Waals surface area contributed by atoms with Crippen LogP contribution in [0.25, 0.3) is 0 Å². The van der Waals surface area contributed by atoms with E-state index in [1.54, 1.807) is 12.1 Å². The summed E-state index contributed by atoms with van der Waals surface area (Å²) in [6.45, 7) is 0. The molecular formula is C17H19F3O. The highest BCUT2D eigenvalue weighted by atomic mass is 19.4. The Morgan fingerprint density at radius 2 is 1.62 bits per heavy atom. The molecular weight excluding hydrogens is 277 g/mol. The van der Waals surface area contributed by atoms with Crippen molar-refractivity contribution in [2.24, 2.45) is 17.8 Å². The number of aliphatic hydroxyl groups excluding tert-OH is 1. The maximum Gasteiger partial charge on any atom is 0.416 e. The number of rotatable bonds is 1. The van der Waals surface area contributed by atoms with Gasteiger partial charge in [-0.2, -0.15) is 13.2 Å². The molecule has 114 valence electrons. The van der Waals surface area contributed by atoms with Gasteiger partial charge in [0.1, 0.15) is 0 Å². The Morgan fingerprint density at radius 1 is 1.00 bits per heavy atom. The summed E-state index contributed by atoms with van der Waals surface area (Å²) in [5.74, 6) is 1.18. The third-order valence-electron chi connectivity index (χ3n) is 6.03. The summed E-state index contributed by atoms with van der Waals surface area (Å²) in [5, 5.41) is 10.8. The minimum absolute atomic E-state index is 0.192. The lowest BCUT2D eigenvalue weighted by Crippen LogP contribution is -2.58. The average Bonchev–Trinajstić information content (AvgIpc) is 2.43. The van der Waals surface area contributed by atoms with Crippen molar-refractivity contribution < 1.29 is 18.3 Å². The second-order valence-electron chi connectivity index (χ2n) is 7.25. The summed E-state index contributed by atoms with van der Waals surface area (Å²) in [7, 11) is 0. The molecule has 21 heavy (non-hydrogen) atoms. The van der Waals surface area contributed by atoms with E-state index in [4.69, 9.17) is 0 Å². The summed E-state index contributed by atoms with van der Waals surface area (Å²) >= 11 is 0. The molecule has 4 fully saturated rings. The second-order valence-corrected chi connectivity index (χ2v) is 7.25. The lowest BCUT2D eigenvalue weighted by Gasteiger charge is -2.60. The van der Waals surface area contributed by atoms with Crippen LogP contribution >= 0.6 is 0 Å². The molecule has 1 nitrogen and oxygen atoms in total. The Morgan fingerprint density at radius 3 is 2.24 bits per heavy atom. The zero-order valence-corrected chi connectivity index (χ0v) is 11.7. The van der Waals surface area contributed by atoms with Crippen LogP contribution in [0.3, 0.4) is 0 Å². The second kappa shape index (κ2) is 4.25. The summed E-state index contributed by atoms with van der Waals surface area (Å²) in [4.78, 5) is 0. The molecule has 0 saturated heterocycles. The summed E-state index contributed by atoms with van der Waals surface area (Å²) in [6, 6.07) is 5.88. The van der Waals surface area contributed by atoms with E-state index in [0.717, 1.165) is 19.3 Å². The number of alkyl halides is 3. The fraction of sp³-hybridized carbons (Fsp3) is 0.647. The fourth-order valence-corrected chi connectivity index (χ4v) is 5.56. The fourth-order valence-electron chi connectivity index (χ4n) is 5.56. The molecule has 3 unspecified atom stereocenters. The van der Waals surface area contributed by atoms with Crippen LogP contribution in [-0.2, 0) is 11.6 Å². The minimum atomic E-state index is -4.35. The van der Waals surface area contributed by atoms with Crippen LogP contribution in [0.5, 0.6) is 0 Å². The molecule has 0 amide bonds. The van der Waals surface area contributed by atoms with Gasteiger partial charge in [0.25, 0.3) is 0 Å². The van der Waals surface area contributed by atoms with Gasteiger partial charge in [-0.15, -0.1) is 0 Å². The minimum Gasteiger partial charge on any atom is -0.392 e. The first-order valence-corrected chi connectivity index (χ1v) is 7.75. The molecule has 4 aliphatic rings. The quantitative estimate of drug-likeness (QED) is 0.825. The van der Waals surface area contributed by atoms with Gasteiger partial charge in [-0.25, -0.2) is 0 Å². The van der Waals surface area contributed by atoms with Crippen LogP contribution in [0.1, 0.15) is 43.2 Å². The smallest absolute Gasteiger partial charge is 0.392 e. The number of aliphatic hydroxyl groups is 1. The standard InChI is InChI=1S/C17H19F3O/c18-17(19,20)14-4-2-1-3-13(14)16-8-10-5-11(9-16)7-12(6-10)15(16)21/h1-4,10-12,15,21H,5-9H2. The third-order valence-corrected chi connectivity index (χ3v) is 6.03. The van der Waals surface area contributed by atoms with E-state index in [1.807, 2.05) is 0 Å². The molecule has 4 aliphatic carbocycles. The molecule has 4 heteroatoms. The molecule has 0 aliphatic heterocycles. The third kappa shape index (κ3) is 1.88. The molecule has 1 aromatic carbocycles. The van der Waals surface area contributed by atoms with Crippen molar-refractivity contribution in [2.75, 3.05) is 0 Å². The van der Waals surface area contributed by atoms with E-state index in [1.165, 1.54) is 12.1 Å². The highest BCUT2D eigenvalue weighted by Crippen LogP contribution is 2.61. The molecule has 0 radical (unpaired) electrons. The molecule has 0 spiro atoms. The monoisotopic (exact) mass is 296 g/mol. The number of benzene rings is 1. The van der Waals surface area contributed by atoms with Gasteiger partial charge in [-0.3, -0.25) is 0 Å². The number of hydrogen-bond donors (Lipinski definition) is 1.